The Kier molecular flexibility index (Phi) is 3.89. The third-order valence-electron chi connectivity index (χ3n) is 3.89. The van der Waals surface area contributed by atoms with E-state index in [9.17, 15) is 0 Å². The van der Waals surface area contributed by atoms with Crippen LogP contribution >= 0.6 is 0 Å². The lowest BCUT2D eigenvalue weighted by Crippen LogP contribution is -2.39. The molecule has 0 bridgehead atoms. The predicted molar refractivity (Wildman–Crippen MR) is 69.6 cm³/mol. The number of likely N-dealkylation sites (tertiary alicyclic amines) is 1. The van der Waals surface area contributed by atoms with Crippen molar-refractivity contribution in [1.82, 2.24) is 4.90 Å². The number of furan rings is 1. The molecular weight excluding hydrogens is 212 g/mol. The summed E-state index contributed by atoms with van der Waals surface area (Å²) in [5, 5.41) is 0. The van der Waals surface area contributed by atoms with Crippen molar-refractivity contribution in [2.24, 2.45) is 11.7 Å². The van der Waals surface area contributed by atoms with Crippen LogP contribution < -0.4 is 5.73 Å². The molecule has 96 valence electrons. The second-order valence-electron chi connectivity index (χ2n) is 5.47. The summed E-state index contributed by atoms with van der Waals surface area (Å²) < 4.78 is 5.77. The van der Waals surface area contributed by atoms with Gasteiger partial charge in [-0.1, -0.05) is 6.92 Å². The van der Waals surface area contributed by atoms with Gasteiger partial charge in [0, 0.05) is 6.04 Å². The highest BCUT2D eigenvalue weighted by atomic mass is 16.3. The number of nitrogens with zero attached hydrogens (tertiary/aromatic N) is 1. The minimum atomic E-state index is 0.498. The highest BCUT2D eigenvalue weighted by Gasteiger charge is 2.23. The predicted octanol–water partition coefficient (Wildman–Crippen LogP) is 2.67. The van der Waals surface area contributed by atoms with Crippen LogP contribution in [-0.2, 0) is 13.1 Å². The first-order valence-electron chi connectivity index (χ1n) is 6.62. The van der Waals surface area contributed by atoms with Crippen molar-refractivity contribution in [1.29, 1.82) is 0 Å². The molecule has 0 amide bonds. The standard InChI is InChI=1S/C14H24N2O/c1-10-4-5-16(12(3)6-10)9-13-7-11(2)14(8-15)17-13/h7,10,12H,4-6,8-9,15H2,1-3H3. The lowest BCUT2D eigenvalue weighted by molar-refractivity contribution is 0.113. The Morgan fingerprint density at radius 2 is 2.24 bits per heavy atom. The number of hydrogen-bond donors (Lipinski definition) is 1. The van der Waals surface area contributed by atoms with Crippen LogP contribution in [0, 0.1) is 12.8 Å². The third kappa shape index (κ3) is 2.90. The summed E-state index contributed by atoms with van der Waals surface area (Å²) in [5.41, 5.74) is 6.82. The maximum Gasteiger partial charge on any atom is 0.120 e. The average molecular weight is 236 g/mol. The van der Waals surface area contributed by atoms with E-state index in [1.807, 2.05) is 0 Å². The van der Waals surface area contributed by atoms with E-state index in [4.69, 9.17) is 10.2 Å². The summed E-state index contributed by atoms with van der Waals surface area (Å²) in [6.45, 7) is 9.33. The highest BCUT2D eigenvalue weighted by Crippen LogP contribution is 2.25. The van der Waals surface area contributed by atoms with Gasteiger partial charge in [0.05, 0.1) is 13.1 Å². The quantitative estimate of drug-likeness (QED) is 0.877. The van der Waals surface area contributed by atoms with Gasteiger partial charge in [-0.25, -0.2) is 0 Å². The topological polar surface area (TPSA) is 42.4 Å². The minimum absolute atomic E-state index is 0.498. The first kappa shape index (κ1) is 12.7. The van der Waals surface area contributed by atoms with E-state index in [2.05, 4.69) is 31.7 Å². The van der Waals surface area contributed by atoms with Crippen molar-refractivity contribution >= 4 is 0 Å². The highest BCUT2D eigenvalue weighted by molar-refractivity contribution is 5.19. The van der Waals surface area contributed by atoms with Crippen LogP contribution in [0.15, 0.2) is 10.5 Å². The van der Waals surface area contributed by atoms with Crippen LogP contribution in [0.1, 0.15) is 43.8 Å². The number of aryl methyl sites for hydroxylation is 1. The van der Waals surface area contributed by atoms with Gasteiger partial charge in [-0.05, 0) is 50.8 Å². The smallest absolute Gasteiger partial charge is 0.120 e. The van der Waals surface area contributed by atoms with Crippen LogP contribution in [-0.4, -0.2) is 17.5 Å². The van der Waals surface area contributed by atoms with Crippen LogP contribution in [0.5, 0.6) is 0 Å². The van der Waals surface area contributed by atoms with E-state index < -0.39 is 0 Å². The molecular formula is C14H24N2O. The molecule has 2 unspecified atom stereocenters. The molecule has 0 spiro atoms. The Labute approximate surface area is 104 Å². The fourth-order valence-electron chi connectivity index (χ4n) is 2.76. The van der Waals surface area contributed by atoms with Crippen LogP contribution in [0.2, 0.25) is 0 Å². The molecule has 1 aliphatic rings. The molecule has 1 aromatic heterocycles. The van der Waals surface area contributed by atoms with E-state index in [0.717, 1.165) is 24.0 Å². The summed E-state index contributed by atoms with van der Waals surface area (Å²) in [7, 11) is 0. The summed E-state index contributed by atoms with van der Waals surface area (Å²) in [4.78, 5) is 2.51. The fraction of sp³-hybridized carbons (Fsp3) is 0.714. The summed E-state index contributed by atoms with van der Waals surface area (Å²) >= 11 is 0. The Hall–Kier alpha value is -0.800. The molecule has 0 saturated carbocycles. The molecule has 2 atom stereocenters. The molecule has 3 heteroatoms. The molecule has 1 saturated heterocycles. The van der Waals surface area contributed by atoms with Gasteiger partial charge in [-0.15, -0.1) is 0 Å². The molecule has 1 fully saturated rings. The fourth-order valence-corrected chi connectivity index (χ4v) is 2.76. The Morgan fingerprint density at radius 1 is 1.47 bits per heavy atom. The van der Waals surface area contributed by atoms with Gasteiger partial charge in [0.2, 0.25) is 0 Å². The molecule has 1 aliphatic heterocycles. The number of piperidine rings is 1. The monoisotopic (exact) mass is 236 g/mol. The van der Waals surface area contributed by atoms with Gasteiger partial charge in [0.15, 0.2) is 0 Å². The van der Waals surface area contributed by atoms with Crippen LogP contribution in [0.3, 0.4) is 0 Å². The summed E-state index contributed by atoms with van der Waals surface area (Å²) in [6.07, 6.45) is 2.59. The van der Waals surface area contributed by atoms with E-state index >= 15 is 0 Å². The number of hydrogen-bond acceptors (Lipinski definition) is 3. The van der Waals surface area contributed by atoms with Gasteiger partial charge in [-0.2, -0.15) is 0 Å². The molecule has 17 heavy (non-hydrogen) atoms. The molecule has 0 radical (unpaired) electrons. The van der Waals surface area contributed by atoms with Crippen LogP contribution in [0.4, 0.5) is 0 Å². The Bertz CT molecular complexity index is 372. The first-order chi connectivity index (χ1) is 8.10. The zero-order valence-electron chi connectivity index (χ0n) is 11.2. The zero-order chi connectivity index (χ0) is 12.4. The molecule has 2 heterocycles. The van der Waals surface area contributed by atoms with E-state index in [1.54, 1.807) is 0 Å². The Morgan fingerprint density at radius 3 is 2.82 bits per heavy atom. The number of nitrogens with two attached hydrogens (primary N) is 1. The van der Waals surface area contributed by atoms with Gasteiger partial charge < -0.3 is 10.2 Å². The second-order valence-corrected chi connectivity index (χ2v) is 5.47. The van der Waals surface area contributed by atoms with Gasteiger partial charge in [0.25, 0.3) is 0 Å². The van der Waals surface area contributed by atoms with E-state index in [0.29, 0.717) is 12.6 Å². The van der Waals surface area contributed by atoms with Crippen molar-refractivity contribution in [2.45, 2.75) is 52.7 Å². The zero-order valence-corrected chi connectivity index (χ0v) is 11.2. The van der Waals surface area contributed by atoms with Crippen molar-refractivity contribution in [3.8, 4) is 0 Å². The average Bonchev–Trinajstić information content (AvgIpc) is 2.63. The lowest BCUT2D eigenvalue weighted by atomic mass is 9.93. The number of rotatable bonds is 3. The van der Waals surface area contributed by atoms with Crippen molar-refractivity contribution in [3.05, 3.63) is 23.2 Å². The molecule has 0 aromatic carbocycles. The molecule has 2 rings (SSSR count). The lowest BCUT2D eigenvalue weighted by Gasteiger charge is -2.35. The van der Waals surface area contributed by atoms with Crippen molar-refractivity contribution < 1.29 is 4.42 Å². The van der Waals surface area contributed by atoms with Gasteiger partial charge >= 0.3 is 0 Å². The maximum absolute atomic E-state index is 5.77. The minimum Gasteiger partial charge on any atom is -0.463 e. The molecule has 1 aromatic rings. The third-order valence-corrected chi connectivity index (χ3v) is 3.89. The summed E-state index contributed by atoms with van der Waals surface area (Å²) in [6, 6.07) is 2.79. The molecule has 0 aliphatic carbocycles. The van der Waals surface area contributed by atoms with Gasteiger partial charge in [0.1, 0.15) is 11.5 Å². The summed E-state index contributed by atoms with van der Waals surface area (Å²) in [5.74, 6) is 2.85. The van der Waals surface area contributed by atoms with Gasteiger partial charge in [-0.3, -0.25) is 4.90 Å². The Balaban J connectivity index is 2.00. The maximum atomic E-state index is 5.77. The normalized spacial score (nSPS) is 26.4. The van der Waals surface area contributed by atoms with Crippen molar-refractivity contribution in [2.75, 3.05) is 6.54 Å². The SMILES string of the molecule is Cc1cc(CN2CCC(C)CC2C)oc1CN. The van der Waals surface area contributed by atoms with E-state index in [1.165, 1.54) is 24.9 Å². The van der Waals surface area contributed by atoms with Crippen LogP contribution in [0.25, 0.3) is 0 Å². The second kappa shape index (κ2) is 5.23. The molecule has 3 nitrogen and oxygen atoms in total. The molecule has 2 N–H and O–H groups in total. The van der Waals surface area contributed by atoms with E-state index in [-0.39, 0.29) is 0 Å². The largest absolute Gasteiger partial charge is 0.463 e. The van der Waals surface area contributed by atoms with Crippen molar-refractivity contribution in [3.63, 3.8) is 0 Å². The first-order valence-corrected chi connectivity index (χ1v) is 6.62.